The third-order valence-corrected chi connectivity index (χ3v) is 3.32. The fourth-order valence-electron chi connectivity index (χ4n) is 2.23. The number of nitrogens with one attached hydrogen (secondary N) is 1. The van der Waals surface area contributed by atoms with Crippen molar-refractivity contribution >= 4 is 5.91 Å². The highest BCUT2D eigenvalue weighted by atomic mass is 19.4. The van der Waals surface area contributed by atoms with Crippen LogP contribution in [0.3, 0.4) is 0 Å². The van der Waals surface area contributed by atoms with Crippen LogP contribution >= 0.6 is 0 Å². The lowest BCUT2D eigenvalue weighted by Gasteiger charge is -2.26. The zero-order valence-corrected chi connectivity index (χ0v) is 10.5. The fourth-order valence-corrected chi connectivity index (χ4v) is 2.23. The molecule has 0 fully saturated rings. The molecule has 1 aromatic heterocycles. The number of amides is 1. The molecule has 0 spiro atoms. The molecule has 0 saturated carbocycles. The van der Waals surface area contributed by atoms with E-state index in [1.165, 1.54) is 10.9 Å². The van der Waals surface area contributed by atoms with Gasteiger partial charge in [-0.15, -0.1) is 0 Å². The van der Waals surface area contributed by atoms with Crippen molar-refractivity contribution in [3.8, 4) is 0 Å². The highest BCUT2D eigenvalue weighted by molar-refractivity contribution is 5.84. The van der Waals surface area contributed by atoms with Crippen LogP contribution < -0.4 is 5.32 Å². The van der Waals surface area contributed by atoms with E-state index in [-0.39, 0.29) is 0 Å². The summed E-state index contributed by atoms with van der Waals surface area (Å²) in [5.74, 6) is -7.72. The first kappa shape index (κ1) is 14.7. The lowest BCUT2D eigenvalue weighted by Crippen LogP contribution is -2.51. The molecule has 1 amide bonds. The van der Waals surface area contributed by atoms with Crippen molar-refractivity contribution in [1.29, 1.82) is 0 Å². The SMILES string of the molecule is Cn1ncc2c1CCCC2NC(=O)C(F)(F)C(F)(F)F. The first-order valence-corrected chi connectivity index (χ1v) is 5.91. The van der Waals surface area contributed by atoms with Crippen LogP contribution in [-0.4, -0.2) is 27.8 Å². The maximum absolute atomic E-state index is 12.9. The Morgan fingerprint density at radius 2 is 2.05 bits per heavy atom. The van der Waals surface area contributed by atoms with Gasteiger partial charge in [0.15, 0.2) is 0 Å². The van der Waals surface area contributed by atoms with E-state index in [1.54, 1.807) is 12.4 Å². The number of alkyl halides is 5. The molecule has 0 saturated heterocycles. The average molecular weight is 297 g/mol. The van der Waals surface area contributed by atoms with Crippen molar-refractivity contribution < 1.29 is 26.7 Å². The first-order chi connectivity index (χ1) is 9.14. The van der Waals surface area contributed by atoms with Crippen LogP contribution in [0.5, 0.6) is 0 Å². The molecule has 1 aliphatic rings. The Morgan fingerprint density at radius 3 is 2.65 bits per heavy atom. The second kappa shape index (κ2) is 4.71. The molecule has 1 N–H and O–H groups in total. The number of aryl methyl sites for hydroxylation is 1. The molecule has 1 heterocycles. The van der Waals surface area contributed by atoms with Crippen molar-refractivity contribution in [3.05, 3.63) is 17.5 Å². The van der Waals surface area contributed by atoms with E-state index in [4.69, 9.17) is 0 Å². The molecule has 4 nitrogen and oxygen atoms in total. The molecule has 1 aromatic rings. The van der Waals surface area contributed by atoms with Gasteiger partial charge in [-0.1, -0.05) is 0 Å². The van der Waals surface area contributed by atoms with E-state index in [9.17, 15) is 26.7 Å². The van der Waals surface area contributed by atoms with Gasteiger partial charge in [-0.2, -0.15) is 27.1 Å². The third kappa shape index (κ3) is 2.36. The maximum atomic E-state index is 12.9. The maximum Gasteiger partial charge on any atom is 0.463 e. The molecular weight excluding hydrogens is 285 g/mol. The summed E-state index contributed by atoms with van der Waals surface area (Å²) in [6.07, 6.45) is -2.99. The summed E-state index contributed by atoms with van der Waals surface area (Å²) in [5.41, 5.74) is 1.22. The van der Waals surface area contributed by atoms with Gasteiger partial charge in [0.2, 0.25) is 0 Å². The van der Waals surface area contributed by atoms with Crippen LogP contribution in [0, 0.1) is 0 Å². The summed E-state index contributed by atoms with van der Waals surface area (Å²) in [5, 5.41) is 5.70. The van der Waals surface area contributed by atoms with Crippen molar-refractivity contribution in [2.45, 2.75) is 37.4 Å². The van der Waals surface area contributed by atoms with Gasteiger partial charge in [-0.05, 0) is 19.3 Å². The molecule has 112 valence electrons. The van der Waals surface area contributed by atoms with Crippen molar-refractivity contribution in [2.24, 2.45) is 7.05 Å². The zero-order chi connectivity index (χ0) is 15.1. The van der Waals surface area contributed by atoms with Crippen LogP contribution in [0.4, 0.5) is 22.0 Å². The van der Waals surface area contributed by atoms with Gasteiger partial charge in [0.05, 0.1) is 12.2 Å². The number of carbonyl (C=O) groups is 1. The predicted molar refractivity (Wildman–Crippen MR) is 58.0 cm³/mol. The Hall–Kier alpha value is -1.67. The van der Waals surface area contributed by atoms with E-state index >= 15 is 0 Å². The van der Waals surface area contributed by atoms with E-state index in [2.05, 4.69) is 5.10 Å². The lowest BCUT2D eigenvalue weighted by atomic mass is 9.93. The summed E-state index contributed by atoms with van der Waals surface area (Å²) >= 11 is 0. The Morgan fingerprint density at radius 1 is 1.40 bits per heavy atom. The Balaban J connectivity index is 2.18. The van der Waals surface area contributed by atoms with Crippen LogP contribution in [0.15, 0.2) is 6.20 Å². The number of fused-ring (bicyclic) bond motifs is 1. The van der Waals surface area contributed by atoms with Gasteiger partial charge in [-0.3, -0.25) is 9.48 Å². The zero-order valence-electron chi connectivity index (χ0n) is 10.5. The topological polar surface area (TPSA) is 46.9 Å². The van der Waals surface area contributed by atoms with Gasteiger partial charge in [-0.25, -0.2) is 0 Å². The van der Waals surface area contributed by atoms with Gasteiger partial charge >= 0.3 is 18.0 Å². The number of carbonyl (C=O) groups excluding carboxylic acids is 1. The van der Waals surface area contributed by atoms with E-state index in [0.29, 0.717) is 24.8 Å². The van der Waals surface area contributed by atoms with Crippen LogP contribution in [0.25, 0.3) is 0 Å². The Bertz CT molecular complexity index is 523. The van der Waals surface area contributed by atoms with E-state index in [1.807, 2.05) is 0 Å². The summed E-state index contributed by atoms with van der Waals surface area (Å²) in [7, 11) is 1.65. The second-order valence-corrected chi connectivity index (χ2v) is 4.66. The van der Waals surface area contributed by atoms with Crippen LogP contribution in [-0.2, 0) is 18.3 Å². The molecule has 20 heavy (non-hydrogen) atoms. The highest BCUT2D eigenvalue weighted by Gasteiger charge is 2.63. The number of nitrogens with zero attached hydrogens (tertiary/aromatic N) is 2. The Labute approximate surface area is 110 Å². The molecule has 0 radical (unpaired) electrons. The smallest absolute Gasteiger partial charge is 0.344 e. The average Bonchev–Trinajstić information content (AvgIpc) is 2.71. The fraction of sp³-hybridized carbons (Fsp3) is 0.636. The summed E-state index contributed by atoms with van der Waals surface area (Å²) in [4.78, 5) is 11.2. The number of hydrogen-bond donors (Lipinski definition) is 1. The van der Waals surface area contributed by atoms with Gasteiger partial charge in [0, 0.05) is 18.3 Å². The minimum absolute atomic E-state index is 0.304. The number of halogens is 5. The van der Waals surface area contributed by atoms with E-state index in [0.717, 1.165) is 5.69 Å². The summed E-state index contributed by atoms with van der Waals surface area (Å²) in [6.45, 7) is 0. The minimum atomic E-state index is -5.90. The molecule has 9 heteroatoms. The Kier molecular flexibility index (Phi) is 3.47. The van der Waals surface area contributed by atoms with Gasteiger partial charge in [0.1, 0.15) is 0 Å². The lowest BCUT2D eigenvalue weighted by molar-refractivity contribution is -0.270. The highest BCUT2D eigenvalue weighted by Crippen LogP contribution is 2.37. The van der Waals surface area contributed by atoms with Crippen molar-refractivity contribution in [1.82, 2.24) is 15.1 Å². The molecule has 1 aliphatic carbocycles. The number of rotatable bonds is 2. The van der Waals surface area contributed by atoms with E-state index < -0.39 is 24.0 Å². The minimum Gasteiger partial charge on any atom is -0.344 e. The molecule has 0 aliphatic heterocycles. The van der Waals surface area contributed by atoms with Crippen LogP contribution in [0.1, 0.15) is 30.1 Å². The number of hydrogen-bond acceptors (Lipinski definition) is 2. The number of aromatic nitrogens is 2. The summed E-state index contributed by atoms with van der Waals surface area (Å²) in [6, 6.07) is -0.867. The molecular formula is C11H12F5N3O. The predicted octanol–water partition coefficient (Wildman–Crippen LogP) is 2.11. The second-order valence-electron chi connectivity index (χ2n) is 4.66. The normalized spacial score (nSPS) is 19.6. The molecule has 0 bridgehead atoms. The van der Waals surface area contributed by atoms with Crippen molar-refractivity contribution in [3.63, 3.8) is 0 Å². The monoisotopic (exact) mass is 297 g/mol. The molecule has 1 unspecified atom stereocenters. The largest absolute Gasteiger partial charge is 0.463 e. The third-order valence-electron chi connectivity index (χ3n) is 3.32. The van der Waals surface area contributed by atoms with Gasteiger partial charge in [0.25, 0.3) is 0 Å². The summed E-state index contributed by atoms with van der Waals surface area (Å²) < 4.78 is 63.7. The molecule has 1 atom stereocenters. The molecule has 0 aromatic carbocycles. The van der Waals surface area contributed by atoms with Crippen molar-refractivity contribution in [2.75, 3.05) is 0 Å². The first-order valence-electron chi connectivity index (χ1n) is 5.91. The standard InChI is InChI=1S/C11H12F5N3O/c1-19-8-4-2-3-7(6(8)5-17-19)18-9(20)10(12,13)11(14,15)16/h5,7H,2-4H2,1H3,(H,18,20). The quantitative estimate of drug-likeness (QED) is 0.850. The van der Waals surface area contributed by atoms with Gasteiger partial charge < -0.3 is 5.32 Å². The van der Waals surface area contributed by atoms with Crippen LogP contribution in [0.2, 0.25) is 0 Å². The molecule has 2 rings (SSSR count).